The van der Waals surface area contributed by atoms with E-state index in [0.717, 1.165) is 5.75 Å². The van der Waals surface area contributed by atoms with Gasteiger partial charge in [-0.25, -0.2) is 0 Å². The van der Waals surface area contributed by atoms with E-state index in [1.54, 1.807) is 0 Å². The fourth-order valence-electron chi connectivity index (χ4n) is 0.603. The SMILES string of the molecule is Cl/C=C\Oc1ccccc1. The van der Waals surface area contributed by atoms with Crippen molar-refractivity contribution in [1.29, 1.82) is 0 Å². The Morgan fingerprint density at radius 2 is 1.90 bits per heavy atom. The van der Waals surface area contributed by atoms with Gasteiger partial charge in [0.1, 0.15) is 12.0 Å². The highest BCUT2D eigenvalue weighted by atomic mass is 35.5. The van der Waals surface area contributed by atoms with E-state index in [-0.39, 0.29) is 0 Å². The van der Waals surface area contributed by atoms with E-state index in [1.807, 2.05) is 30.3 Å². The summed E-state index contributed by atoms with van der Waals surface area (Å²) in [4.78, 5) is 0. The van der Waals surface area contributed by atoms with Crippen LogP contribution in [0.1, 0.15) is 0 Å². The highest BCUT2D eigenvalue weighted by Crippen LogP contribution is 2.08. The molecule has 0 radical (unpaired) electrons. The zero-order valence-electron chi connectivity index (χ0n) is 5.33. The first-order chi connectivity index (χ1) is 4.93. The molecule has 0 unspecified atom stereocenters. The normalized spacial score (nSPS) is 10.1. The molecule has 1 rings (SSSR count). The van der Waals surface area contributed by atoms with Crippen LogP contribution in [0.2, 0.25) is 0 Å². The fourth-order valence-corrected chi connectivity index (χ4v) is 0.655. The maximum absolute atomic E-state index is 5.25. The third kappa shape index (κ3) is 2.11. The van der Waals surface area contributed by atoms with Crippen molar-refractivity contribution in [2.45, 2.75) is 0 Å². The van der Waals surface area contributed by atoms with Crippen LogP contribution >= 0.6 is 11.6 Å². The van der Waals surface area contributed by atoms with E-state index in [1.165, 1.54) is 11.8 Å². The van der Waals surface area contributed by atoms with E-state index in [2.05, 4.69) is 0 Å². The van der Waals surface area contributed by atoms with Gasteiger partial charge in [0.05, 0.1) is 0 Å². The molecular formula is C8H7ClO. The molecule has 1 nitrogen and oxygen atoms in total. The summed E-state index contributed by atoms with van der Waals surface area (Å²) in [5.41, 5.74) is 1.33. The number of ether oxygens (including phenoxy) is 1. The minimum atomic E-state index is 0.791. The summed E-state index contributed by atoms with van der Waals surface area (Å²) in [6.45, 7) is 0. The third-order valence-corrected chi connectivity index (χ3v) is 1.10. The van der Waals surface area contributed by atoms with Gasteiger partial charge < -0.3 is 4.74 Å². The molecule has 0 aliphatic carbocycles. The van der Waals surface area contributed by atoms with Crippen LogP contribution in [0.4, 0.5) is 0 Å². The predicted octanol–water partition coefficient (Wildman–Crippen LogP) is 2.78. The second-order valence-electron chi connectivity index (χ2n) is 1.69. The summed E-state index contributed by atoms with van der Waals surface area (Å²) in [7, 11) is 0. The number of benzene rings is 1. The predicted molar refractivity (Wildman–Crippen MR) is 42.1 cm³/mol. The summed E-state index contributed by atoms with van der Waals surface area (Å²) >= 11 is 5.25. The molecule has 0 fully saturated rings. The maximum atomic E-state index is 5.25. The van der Waals surface area contributed by atoms with Gasteiger partial charge in [-0.05, 0) is 12.1 Å². The Kier molecular flexibility index (Phi) is 2.84. The zero-order valence-corrected chi connectivity index (χ0v) is 6.08. The molecule has 0 aliphatic heterocycles. The zero-order chi connectivity index (χ0) is 7.23. The van der Waals surface area contributed by atoms with Gasteiger partial charge >= 0.3 is 0 Å². The second-order valence-corrected chi connectivity index (χ2v) is 1.94. The molecular weight excluding hydrogens is 148 g/mol. The molecule has 0 saturated heterocycles. The molecule has 0 saturated carbocycles. The topological polar surface area (TPSA) is 9.23 Å². The minimum absolute atomic E-state index is 0.791. The van der Waals surface area contributed by atoms with Crippen molar-refractivity contribution in [2.24, 2.45) is 0 Å². The Balaban J connectivity index is 2.59. The molecule has 0 aliphatic rings. The van der Waals surface area contributed by atoms with E-state index in [9.17, 15) is 0 Å². The maximum Gasteiger partial charge on any atom is 0.126 e. The number of rotatable bonds is 2. The van der Waals surface area contributed by atoms with Crippen molar-refractivity contribution in [3.05, 3.63) is 42.1 Å². The van der Waals surface area contributed by atoms with Gasteiger partial charge in [0.15, 0.2) is 0 Å². The molecule has 0 heterocycles. The van der Waals surface area contributed by atoms with Crippen molar-refractivity contribution < 1.29 is 4.74 Å². The van der Waals surface area contributed by atoms with Crippen LogP contribution in [-0.4, -0.2) is 0 Å². The lowest BCUT2D eigenvalue weighted by atomic mass is 10.3. The molecule has 1 aromatic rings. The fraction of sp³-hybridized carbons (Fsp3) is 0. The smallest absolute Gasteiger partial charge is 0.126 e. The number of halogens is 1. The molecule has 0 bridgehead atoms. The lowest BCUT2D eigenvalue weighted by molar-refractivity contribution is 0.482. The van der Waals surface area contributed by atoms with Gasteiger partial charge in [-0.3, -0.25) is 0 Å². The summed E-state index contributed by atoms with van der Waals surface area (Å²) in [6.07, 6.45) is 1.43. The largest absolute Gasteiger partial charge is 0.464 e. The Hall–Kier alpha value is -0.950. The monoisotopic (exact) mass is 154 g/mol. The van der Waals surface area contributed by atoms with Crippen molar-refractivity contribution in [2.75, 3.05) is 0 Å². The van der Waals surface area contributed by atoms with Crippen LogP contribution in [0.25, 0.3) is 0 Å². The quantitative estimate of drug-likeness (QED) is 0.596. The van der Waals surface area contributed by atoms with Crippen LogP contribution < -0.4 is 4.74 Å². The Morgan fingerprint density at radius 3 is 2.50 bits per heavy atom. The average Bonchev–Trinajstić information content (AvgIpc) is 2.03. The van der Waals surface area contributed by atoms with Crippen molar-refractivity contribution in [1.82, 2.24) is 0 Å². The molecule has 52 valence electrons. The Morgan fingerprint density at radius 1 is 1.20 bits per heavy atom. The van der Waals surface area contributed by atoms with E-state index >= 15 is 0 Å². The molecule has 1 aromatic carbocycles. The highest BCUT2D eigenvalue weighted by Gasteiger charge is 1.83. The van der Waals surface area contributed by atoms with Crippen molar-refractivity contribution >= 4 is 11.6 Å². The first kappa shape index (κ1) is 7.16. The lowest BCUT2D eigenvalue weighted by Gasteiger charge is -1.95. The molecule has 0 aromatic heterocycles. The summed E-state index contributed by atoms with van der Waals surface area (Å²) in [5, 5.41) is 0. The number of hydrogen-bond acceptors (Lipinski definition) is 1. The first-order valence-electron chi connectivity index (χ1n) is 2.90. The molecule has 0 amide bonds. The minimum Gasteiger partial charge on any atom is -0.464 e. The van der Waals surface area contributed by atoms with Gasteiger partial charge in [0, 0.05) is 5.54 Å². The molecule has 2 heteroatoms. The van der Waals surface area contributed by atoms with Crippen LogP contribution in [0, 0.1) is 0 Å². The first-order valence-corrected chi connectivity index (χ1v) is 3.34. The van der Waals surface area contributed by atoms with Crippen molar-refractivity contribution in [3.63, 3.8) is 0 Å². The number of hydrogen-bond donors (Lipinski definition) is 0. The summed E-state index contributed by atoms with van der Waals surface area (Å²) in [6, 6.07) is 9.44. The second kappa shape index (κ2) is 3.96. The summed E-state index contributed by atoms with van der Waals surface area (Å²) < 4.78 is 5.04. The highest BCUT2D eigenvalue weighted by molar-refractivity contribution is 6.25. The van der Waals surface area contributed by atoms with Crippen LogP contribution in [0.15, 0.2) is 42.1 Å². The molecule has 0 N–H and O–H groups in total. The van der Waals surface area contributed by atoms with Gasteiger partial charge in [-0.15, -0.1) is 0 Å². The van der Waals surface area contributed by atoms with E-state index in [0.29, 0.717) is 0 Å². The number of para-hydroxylation sites is 1. The van der Waals surface area contributed by atoms with Gasteiger partial charge in [-0.1, -0.05) is 29.8 Å². The van der Waals surface area contributed by atoms with E-state index in [4.69, 9.17) is 16.3 Å². The van der Waals surface area contributed by atoms with Crippen LogP contribution in [0.5, 0.6) is 5.75 Å². The van der Waals surface area contributed by atoms with Gasteiger partial charge in [0.25, 0.3) is 0 Å². The Bertz CT molecular complexity index is 206. The molecule has 0 atom stereocenters. The van der Waals surface area contributed by atoms with Gasteiger partial charge in [-0.2, -0.15) is 0 Å². The van der Waals surface area contributed by atoms with Crippen molar-refractivity contribution in [3.8, 4) is 5.75 Å². The molecule has 0 spiro atoms. The standard InChI is InChI=1S/C8H7ClO/c9-6-7-10-8-4-2-1-3-5-8/h1-7H/b7-6-. The van der Waals surface area contributed by atoms with Crippen LogP contribution in [0.3, 0.4) is 0 Å². The third-order valence-electron chi connectivity index (χ3n) is 0.999. The van der Waals surface area contributed by atoms with Crippen LogP contribution in [-0.2, 0) is 0 Å². The van der Waals surface area contributed by atoms with Gasteiger partial charge in [0.2, 0.25) is 0 Å². The lowest BCUT2D eigenvalue weighted by Crippen LogP contribution is -1.77. The summed E-state index contributed by atoms with van der Waals surface area (Å²) in [5.74, 6) is 0.791. The van der Waals surface area contributed by atoms with E-state index < -0.39 is 0 Å². The average molecular weight is 155 g/mol. The Labute approximate surface area is 64.9 Å². The molecule has 10 heavy (non-hydrogen) atoms.